The van der Waals surface area contributed by atoms with Crippen molar-refractivity contribution in [1.29, 1.82) is 0 Å². The van der Waals surface area contributed by atoms with E-state index in [1.54, 1.807) is 0 Å². The lowest BCUT2D eigenvalue weighted by molar-refractivity contribution is 0.152. The number of unbranched alkanes of at least 4 members (excludes halogenated alkanes) is 44. The van der Waals surface area contributed by atoms with E-state index in [1.165, 1.54) is 306 Å². The van der Waals surface area contributed by atoms with Crippen LogP contribution in [0.3, 0.4) is 0 Å². The molecule has 66 heavy (non-hydrogen) atoms. The molecule has 0 aromatic heterocycles. The van der Waals surface area contributed by atoms with Crippen LogP contribution < -0.4 is 9.47 Å². The van der Waals surface area contributed by atoms with Crippen molar-refractivity contribution in [2.24, 2.45) is 0 Å². The second-order valence-electron chi connectivity index (χ2n) is 20.8. The number of carbonyl (C=O) groups excluding carboxylic acids is 1. The molecule has 0 aliphatic heterocycles. The lowest BCUT2D eigenvalue weighted by atomic mass is 10.0. The van der Waals surface area contributed by atoms with Crippen LogP contribution in [0.2, 0.25) is 0 Å². The average molecular weight is 916 g/mol. The molecule has 0 aliphatic rings. The standard InChI is InChI=1S/C63H110O3/c1-3-5-7-9-11-13-15-17-19-21-23-25-27-29-31-33-35-37-39-41-43-45-47-49-59-51-55-61(56-52-59)65-63(64)66-62-57-53-60(54-58-62)50-48-46-44-42-40-38-36-34-32-30-28-26-24-22-20-18-16-14-12-10-8-6-4-2/h51-58H,3-50H2,1-2H3. The number of aryl methyl sites for hydroxylation is 2. The van der Waals surface area contributed by atoms with Crippen LogP contribution >= 0.6 is 0 Å². The first-order chi connectivity index (χ1) is 32.7. The van der Waals surface area contributed by atoms with E-state index in [0.717, 1.165) is 12.8 Å². The molecular weight excluding hydrogens is 805 g/mol. The SMILES string of the molecule is CCCCCCCCCCCCCCCCCCCCCCCCCc1ccc(OC(=O)Oc2ccc(CCCCCCCCCCCCCCCCCCCCCCCCC)cc2)cc1. The summed E-state index contributed by atoms with van der Waals surface area (Å²) in [7, 11) is 0. The number of ether oxygens (including phenoxy) is 2. The number of carbonyl (C=O) groups is 1. The van der Waals surface area contributed by atoms with Crippen LogP contribution in [0.4, 0.5) is 4.79 Å². The van der Waals surface area contributed by atoms with Crippen LogP contribution in [0.5, 0.6) is 11.5 Å². The molecule has 0 amide bonds. The predicted molar refractivity (Wildman–Crippen MR) is 291 cm³/mol. The van der Waals surface area contributed by atoms with Crippen LogP contribution in [0.1, 0.15) is 320 Å². The second-order valence-corrected chi connectivity index (χ2v) is 20.8. The molecule has 2 aromatic carbocycles. The fraction of sp³-hybridized carbons (Fsp3) is 0.794. The van der Waals surface area contributed by atoms with Crippen LogP contribution in [0, 0.1) is 0 Å². The summed E-state index contributed by atoms with van der Waals surface area (Å²) >= 11 is 0. The summed E-state index contributed by atoms with van der Waals surface area (Å²) in [4.78, 5) is 12.5. The molecule has 0 heterocycles. The molecule has 0 N–H and O–H groups in total. The van der Waals surface area contributed by atoms with Gasteiger partial charge in [0, 0.05) is 0 Å². The molecule has 0 fully saturated rings. The van der Waals surface area contributed by atoms with E-state index in [-0.39, 0.29) is 0 Å². The molecule has 0 spiro atoms. The third kappa shape index (κ3) is 39.7. The normalized spacial score (nSPS) is 11.4. The van der Waals surface area contributed by atoms with E-state index in [1.807, 2.05) is 24.3 Å². The maximum absolute atomic E-state index is 12.5. The van der Waals surface area contributed by atoms with Gasteiger partial charge in [-0.05, 0) is 61.1 Å². The van der Waals surface area contributed by atoms with Crippen LogP contribution in [0.25, 0.3) is 0 Å². The zero-order valence-electron chi connectivity index (χ0n) is 44.3. The summed E-state index contributed by atoms with van der Waals surface area (Å²) < 4.78 is 11.0. The molecule has 0 bridgehead atoms. The van der Waals surface area contributed by atoms with Crippen molar-refractivity contribution < 1.29 is 14.3 Å². The first-order valence-electron chi connectivity index (χ1n) is 29.8. The molecule has 2 rings (SSSR count). The average Bonchev–Trinajstić information content (AvgIpc) is 3.33. The van der Waals surface area contributed by atoms with E-state index in [9.17, 15) is 4.79 Å². The summed E-state index contributed by atoms with van der Waals surface area (Å²) in [6.07, 6.45) is 66.7. The monoisotopic (exact) mass is 915 g/mol. The Hall–Kier alpha value is -2.29. The molecule has 3 heteroatoms. The van der Waals surface area contributed by atoms with Gasteiger partial charge in [-0.1, -0.05) is 321 Å². The highest BCUT2D eigenvalue weighted by Gasteiger charge is 2.09. The zero-order chi connectivity index (χ0) is 46.9. The number of rotatable bonds is 50. The molecule has 0 unspecified atom stereocenters. The topological polar surface area (TPSA) is 35.5 Å². The van der Waals surface area contributed by atoms with Crippen molar-refractivity contribution >= 4 is 6.16 Å². The van der Waals surface area contributed by atoms with E-state index in [4.69, 9.17) is 9.47 Å². The second kappa shape index (κ2) is 47.8. The van der Waals surface area contributed by atoms with Crippen molar-refractivity contribution in [1.82, 2.24) is 0 Å². The highest BCUT2D eigenvalue weighted by atomic mass is 16.7. The van der Waals surface area contributed by atoms with Gasteiger partial charge in [-0.3, -0.25) is 0 Å². The Morgan fingerprint density at radius 1 is 0.258 bits per heavy atom. The summed E-state index contributed by atoms with van der Waals surface area (Å²) in [5, 5.41) is 0. The number of hydrogen-bond donors (Lipinski definition) is 0. The Morgan fingerprint density at radius 3 is 0.606 bits per heavy atom. The summed E-state index contributed by atoms with van der Waals surface area (Å²) in [6, 6.07) is 15.9. The van der Waals surface area contributed by atoms with Crippen molar-refractivity contribution in [3.05, 3.63) is 59.7 Å². The zero-order valence-corrected chi connectivity index (χ0v) is 44.3. The number of hydrogen-bond acceptors (Lipinski definition) is 3. The Labute approximate surface area is 411 Å². The van der Waals surface area contributed by atoms with Crippen LogP contribution in [-0.2, 0) is 12.8 Å². The van der Waals surface area contributed by atoms with Gasteiger partial charge >= 0.3 is 6.16 Å². The Kier molecular flexibility index (Phi) is 43.3. The molecule has 2 aromatic rings. The minimum Gasteiger partial charge on any atom is -0.395 e. The minimum atomic E-state index is -0.680. The maximum atomic E-state index is 12.5. The first-order valence-corrected chi connectivity index (χ1v) is 29.8. The van der Waals surface area contributed by atoms with E-state index in [2.05, 4.69) is 38.1 Å². The van der Waals surface area contributed by atoms with Gasteiger partial charge in [-0.2, -0.15) is 0 Å². The van der Waals surface area contributed by atoms with E-state index < -0.39 is 6.16 Å². The van der Waals surface area contributed by atoms with Gasteiger partial charge in [0.2, 0.25) is 0 Å². The number of benzene rings is 2. The van der Waals surface area contributed by atoms with Gasteiger partial charge in [-0.15, -0.1) is 0 Å². The molecule has 0 saturated heterocycles. The lowest BCUT2D eigenvalue weighted by Gasteiger charge is -2.08. The lowest BCUT2D eigenvalue weighted by Crippen LogP contribution is -2.13. The largest absolute Gasteiger partial charge is 0.519 e. The van der Waals surface area contributed by atoms with E-state index in [0.29, 0.717) is 11.5 Å². The molecular formula is C63H110O3. The fourth-order valence-corrected chi connectivity index (χ4v) is 9.89. The van der Waals surface area contributed by atoms with Crippen LogP contribution in [-0.4, -0.2) is 6.16 Å². The molecule has 3 nitrogen and oxygen atoms in total. The summed E-state index contributed by atoms with van der Waals surface area (Å²) in [6.45, 7) is 4.60. The van der Waals surface area contributed by atoms with Gasteiger partial charge in [0.15, 0.2) is 0 Å². The molecule has 0 atom stereocenters. The van der Waals surface area contributed by atoms with E-state index >= 15 is 0 Å². The third-order valence-electron chi connectivity index (χ3n) is 14.4. The summed E-state index contributed by atoms with van der Waals surface area (Å²) in [5.41, 5.74) is 2.60. The van der Waals surface area contributed by atoms with Gasteiger partial charge in [0.05, 0.1) is 0 Å². The Morgan fingerprint density at radius 2 is 0.424 bits per heavy atom. The smallest absolute Gasteiger partial charge is 0.395 e. The van der Waals surface area contributed by atoms with Crippen molar-refractivity contribution in [2.75, 3.05) is 0 Å². The van der Waals surface area contributed by atoms with Crippen molar-refractivity contribution in [3.8, 4) is 11.5 Å². The van der Waals surface area contributed by atoms with Crippen molar-refractivity contribution in [3.63, 3.8) is 0 Å². The third-order valence-corrected chi connectivity index (χ3v) is 14.4. The van der Waals surface area contributed by atoms with Crippen molar-refractivity contribution in [2.45, 2.75) is 322 Å². The fourth-order valence-electron chi connectivity index (χ4n) is 9.89. The molecule has 0 aliphatic carbocycles. The molecule has 0 radical (unpaired) electrons. The quantitative estimate of drug-likeness (QED) is 0.0377. The molecule has 380 valence electrons. The highest BCUT2D eigenvalue weighted by Crippen LogP contribution is 2.21. The maximum Gasteiger partial charge on any atom is 0.519 e. The Balaban J connectivity index is 1.32. The highest BCUT2D eigenvalue weighted by molar-refractivity contribution is 5.67. The van der Waals surface area contributed by atoms with Gasteiger partial charge < -0.3 is 9.47 Å². The van der Waals surface area contributed by atoms with Gasteiger partial charge in [0.25, 0.3) is 0 Å². The summed E-state index contributed by atoms with van der Waals surface area (Å²) in [5.74, 6) is 1.06. The predicted octanol–water partition coefficient (Wildman–Crippen LogP) is 22.3. The van der Waals surface area contributed by atoms with Gasteiger partial charge in [0.1, 0.15) is 11.5 Å². The molecule has 0 saturated carbocycles. The van der Waals surface area contributed by atoms with Gasteiger partial charge in [-0.25, -0.2) is 4.79 Å². The first kappa shape index (κ1) is 59.8. The van der Waals surface area contributed by atoms with Crippen LogP contribution in [0.15, 0.2) is 48.5 Å². The minimum absolute atomic E-state index is 0.532. The Bertz CT molecular complexity index is 1170.